The summed E-state index contributed by atoms with van der Waals surface area (Å²) in [6, 6.07) is 0.259. The van der Waals surface area contributed by atoms with E-state index in [0.29, 0.717) is 0 Å². The lowest BCUT2D eigenvalue weighted by molar-refractivity contribution is 0.603. The molecule has 0 heterocycles. The van der Waals surface area contributed by atoms with Gasteiger partial charge in [0.1, 0.15) is 0 Å². The summed E-state index contributed by atoms with van der Waals surface area (Å²) in [6.07, 6.45) is 0. The fourth-order valence-electron chi connectivity index (χ4n) is 0. The molecule has 0 aromatic heterocycles. The lowest BCUT2D eigenvalue weighted by Gasteiger charge is -2.06. The molecular weight excluding hydrogens is 147 g/mol. The Morgan fingerprint density at radius 1 is 0.875 bits per heavy atom. The molecule has 2 nitrogen and oxygen atoms in total. The summed E-state index contributed by atoms with van der Waals surface area (Å²) in [5.74, 6) is 0. The van der Waals surface area contributed by atoms with Crippen LogP contribution in [0.5, 0.6) is 0 Å². The van der Waals surface area contributed by atoms with Crippen molar-refractivity contribution in [3.63, 3.8) is 0 Å². The standard InChI is InChI=1S/C4H12N2.2ClH/c1-3(5)4(2)6;;/h3-4H,5-6H2,1-2H3;2*1H/t3-,4-;;/m1../s1. The van der Waals surface area contributed by atoms with Gasteiger partial charge in [-0.05, 0) is 13.8 Å². The average Bonchev–Trinajstić information content (AvgIpc) is 1.36. The van der Waals surface area contributed by atoms with Gasteiger partial charge in [0.15, 0.2) is 0 Å². The van der Waals surface area contributed by atoms with Gasteiger partial charge in [-0.25, -0.2) is 0 Å². The Bertz CT molecular complexity index is 33.0. The van der Waals surface area contributed by atoms with Gasteiger partial charge in [-0.2, -0.15) is 0 Å². The maximum atomic E-state index is 5.31. The van der Waals surface area contributed by atoms with Gasteiger partial charge in [0.25, 0.3) is 0 Å². The molecule has 2 atom stereocenters. The summed E-state index contributed by atoms with van der Waals surface area (Å²) in [6.45, 7) is 3.79. The van der Waals surface area contributed by atoms with Gasteiger partial charge >= 0.3 is 0 Å². The van der Waals surface area contributed by atoms with Crippen LogP contribution in [0.25, 0.3) is 0 Å². The highest BCUT2D eigenvalue weighted by Crippen LogP contribution is 1.77. The molecule has 0 amide bonds. The smallest absolute Gasteiger partial charge is 0.0160 e. The maximum Gasteiger partial charge on any atom is 0.0160 e. The molecule has 0 aliphatic carbocycles. The van der Waals surface area contributed by atoms with Crippen molar-refractivity contribution in [2.24, 2.45) is 11.5 Å². The van der Waals surface area contributed by atoms with Crippen molar-refractivity contribution in [2.75, 3.05) is 0 Å². The van der Waals surface area contributed by atoms with Gasteiger partial charge in [0, 0.05) is 12.1 Å². The van der Waals surface area contributed by atoms with Gasteiger partial charge in [-0.1, -0.05) is 0 Å². The molecule has 0 fully saturated rings. The highest BCUT2D eigenvalue weighted by atomic mass is 35.5. The number of halogens is 2. The van der Waals surface area contributed by atoms with E-state index in [1.54, 1.807) is 0 Å². The Morgan fingerprint density at radius 3 is 1.00 bits per heavy atom. The third kappa shape index (κ3) is 9.71. The Hall–Kier alpha value is 0.500. The molecule has 0 radical (unpaired) electrons. The molecule has 0 aromatic rings. The molecule has 0 aromatic carbocycles. The minimum atomic E-state index is 0. The van der Waals surface area contributed by atoms with Crippen molar-refractivity contribution in [1.29, 1.82) is 0 Å². The predicted octanol–water partition coefficient (Wildman–Crippen LogP) is 0.524. The molecule has 0 aliphatic rings. The Labute approximate surface area is 62.8 Å². The molecule has 0 bridgehead atoms. The third-order valence-corrected chi connectivity index (χ3v) is 0.829. The van der Waals surface area contributed by atoms with Gasteiger partial charge in [-0.3, -0.25) is 0 Å². The lowest BCUT2D eigenvalue weighted by atomic mass is 10.2. The predicted molar refractivity (Wildman–Crippen MR) is 41.8 cm³/mol. The van der Waals surface area contributed by atoms with Gasteiger partial charge < -0.3 is 11.5 Å². The van der Waals surface area contributed by atoms with Crippen molar-refractivity contribution >= 4 is 24.8 Å². The topological polar surface area (TPSA) is 52.0 Å². The van der Waals surface area contributed by atoms with Crippen LogP contribution >= 0.6 is 24.8 Å². The summed E-state index contributed by atoms with van der Waals surface area (Å²) in [5, 5.41) is 0. The van der Waals surface area contributed by atoms with Crippen LogP contribution in [0.15, 0.2) is 0 Å². The van der Waals surface area contributed by atoms with E-state index in [1.807, 2.05) is 13.8 Å². The summed E-state index contributed by atoms with van der Waals surface area (Å²) in [7, 11) is 0. The van der Waals surface area contributed by atoms with E-state index in [0.717, 1.165) is 0 Å². The minimum absolute atomic E-state index is 0. The fraction of sp³-hybridized carbons (Fsp3) is 1.00. The van der Waals surface area contributed by atoms with Crippen LogP contribution in [-0.2, 0) is 0 Å². The number of hydrogen-bond acceptors (Lipinski definition) is 2. The first-order chi connectivity index (χ1) is 2.64. The molecule has 4 N–H and O–H groups in total. The first-order valence-corrected chi connectivity index (χ1v) is 2.15. The minimum Gasteiger partial charge on any atom is -0.327 e. The van der Waals surface area contributed by atoms with Crippen LogP contribution in [0.3, 0.4) is 0 Å². The molecule has 54 valence electrons. The van der Waals surface area contributed by atoms with Crippen molar-refractivity contribution in [3.05, 3.63) is 0 Å². The SMILES string of the molecule is C[C@@H](N)[C@@H](C)N.Cl.Cl. The Balaban J connectivity index is -0.000000125. The van der Waals surface area contributed by atoms with Crippen molar-refractivity contribution in [2.45, 2.75) is 25.9 Å². The highest BCUT2D eigenvalue weighted by molar-refractivity contribution is 5.85. The monoisotopic (exact) mass is 160 g/mol. The van der Waals surface area contributed by atoms with Gasteiger partial charge in [-0.15, -0.1) is 24.8 Å². The molecular formula is C4H14Cl2N2. The fourth-order valence-corrected chi connectivity index (χ4v) is 0. The van der Waals surface area contributed by atoms with Crippen LogP contribution < -0.4 is 11.5 Å². The van der Waals surface area contributed by atoms with E-state index in [1.165, 1.54) is 0 Å². The number of rotatable bonds is 1. The highest BCUT2D eigenvalue weighted by Gasteiger charge is 1.96. The van der Waals surface area contributed by atoms with Gasteiger partial charge in [0.05, 0.1) is 0 Å². The summed E-state index contributed by atoms with van der Waals surface area (Å²) >= 11 is 0. The molecule has 4 heteroatoms. The Kier molecular flexibility index (Phi) is 14.8. The van der Waals surface area contributed by atoms with Gasteiger partial charge in [0.2, 0.25) is 0 Å². The van der Waals surface area contributed by atoms with Crippen molar-refractivity contribution < 1.29 is 0 Å². The Morgan fingerprint density at radius 2 is 1.00 bits per heavy atom. The van der Waals surface area contributed by atoms with Crippen LogP contribution in [-0.4, -0.2) is 12.1 Å². The van der Waals surface area contributed by atoms with E-state index in [9.17, 15) is 0 Å². The number of nitrogens with two attached hydrogens (primary N) is 2. The zero-order chi connectivity index (χ0) is 5.15. The van der Waals surface area contributed by atoms with Crippen LogP contribution in [0.4, 0.5) is 0 Å². The van der Waals surface area contributed by atoms with Crippen LogP contribution in [0, 0.1) is 0 Å². The first-order valence-electron chi connectivity index (χ1n) is 2.15. The van der Waals surface area contributed by atoms with E-state index in [-0.39, 0.29) is 36.9 Å². The average molecular weight is 161 g/mol. The molecule has 0 unspecified atom stereocenters. The molecule has 0 aliphatic heterocycles. The first kappa shape index (κ1) is 15.8. The second-order valence-electron chi connectivity index (χ2n) is 1.72. The third-order valence-electron chi connectivity index (χ3n) is 0.829. The van der Waals surface area contributed by atoms with E-state index < -0.39 is 0 Å². The second-order valence-corrected chi connectivity index (χ2v) is 1.72. The van der Waals surface area contributed by atoms with Crippen LogP contribution in [0.2, 0.25) is 0 Å². The molecule has 0 saturated carbocycles. The summed E-state index contributed by atoms with van der Waals surface area (Å²) in [4.78, 5) is 0. The zero-order valence-corrected chi connectivity index (χ0v) is 6.76. The van der Waals surface area contributed by atoms with Crippen molar-refractivity contribution in [3.8, 4) is 0 Å². The van der Waals surface area contributed by atoms with E-state index >= 15 is 0 Å². The summed E-state index contributed by atoms with van der Waals surface area (Å²) < 4.78 is 0. The lowest BCUT2D eigenvalue weighted by Crippen LogP contribution is -2.35. The molecule has 8 heavy (non-hydrogen) atoms. The maximum absolute atomic E-state index is 5.31. The number of hydrogen-bond donors (Lipinski definition) is 2. The largest absolute Gasteiger partial charge is 0.327 e. The quantitative estimate of drug-likeness (QED) is 0.589. The van der Waals surface area contributed by atoms with E-state index in [4.69, 9.17) is 11.5 Å². The molecule has 0 rings (SSSR count). The zero-order valence-electron chi connectivity index (χ0n) is 5.13. The molecule has 0 spiro atoms. The summed E-state index contributed by atoms with van der Waals surface area (Å²) in [5.41, 5.74) is 10.6. The van der Waals surface area contributed by atoms with E-state index in [2.05, 4.69) is 0 Å². The molecule has 0 saturated heterocycles. The second kappa shape index (κ2) is 7.50. The normalized spacial score (nSPS) is 15.0. The van der Waals surface area contributed by atoms with Crippen molar-refractivity contribution in [1.82, 2.24) is 0 Å². The van der Waals surface area contributed by atoms with Crippen LogP contribution in [0.1, 0.15) is 13.8 Å².